The van der Waals surface area contributed by atoms with Crippen LogP contribution in [0.25, 0.3) is 22.2 Å². The molecule has 4 aromatic rings. The third-order valence-electron chi connectivity index (χ3n) is 7.67. The van der Waals surface area contributed by atoms with E-state index in [1.165, 1.54) is 17.8 Å². The summed E-state index contributed by atoms with van der Waals surface area (Å²) in [4.78, 5) is 38.9. The predicted octanol–water partition coefficient (Wildman–Crippen LogP) is 5.10. The summed E-state index contributed by atoms with van der Waals surface area (Å²) in [5.41, 5.74) is 5.91. The number of hydrogen-bond donors (Lipinski definition) is 2. The second-order valence-electron chi connectivity index (χ2n) is 10.9. The number of esters is 1. The van der Waals surface area contributed by atoms with E-state index in [9.17, 15) is 9.59 Å². The highest BCUT2D eigenvalue weighted by molar-refractivity contribution is 6.04. The van der Waals surface area contributed by atoms with Crippen LogP contribution >= 0.6 is 0 Å². The number of nitrogens with one attached hydrogen (secondary N) is 2. The van der Waals surface area contributed by atoms with Gasteiger partial charge in [-0.3, -0.25) is 4.79 Å². The summed E-state index contributed by atoms with van der Waals surface area (Å²) in [6.07, 6.45) is 6.83. The van der Waals surface area contributed by atoms with E-state index in [-0.39, 0.29) is 24.0 Å². The van der Waals surface area contributed by atoms with Crippen LogP contribution in [0, 0.1) is 0 Å². The topological polar surface area (TPSA) is 114 Å². The summed E-state index contributed by atoms with van der Waals surface area (Å²) >= 11 is 0. The molecule has 0 saturated heterocycles. The molecule has 0 saturated carbocycles. The van der Waals surface area contributed by atoms with Crippen molar-refractivity contribution >= 4 is 45.8 Å². The quantitative estimate of drug-likeness (QED) is 0.170. The summed E-state index contributed by atoms with van der Waals surface area (Å²) in [5, 5.41) is 7.19. The molecule has 1 amide bonds. The van der Waals surface area contributed by atoms with E-state index in [2.05, 4.69) is 50.0 Å². The summed E-state index contributed by atoms with van der Waals surface area (Å²) in [6.45, 7) is 8.02. The number of methoxy groups -OCH3 is 1. The van der Waals surface area contributed by atoms with E-state index in [0.717, 1.165) is 54.6 Å². The lowest BCUT2D eigenvalue weighted by atomic mass is 10.0. The number of amides is 1. The molecule has 1 aliphatic heterocycles. The fourth-order valence-corrected chi connectivity index (χ4v) is 5.48. The van der Waals surface area contributed by atoms with Crippen LogP contribution in [0.15, 0.2) is 55.4 Å². The van der Waals surface area contributed by atoms with Crippen molar-refractivity contribution in [3.05, 3.63) is 66.5 Å². The van der Waals surface area contributed by atoms with Gasteiger partial charge in [0.25, 0.3) is 0 Å². The van der Waals surface area contributed by atoms with Crippen molar-refractivity contribution in [1.82, 2.24) is 19.4 Å². The third-order valence-corrected chi connectivity index (χ3v) is 7.67. The fraction of sp³-hybridized carbons (Fsp3) is 0.333. The maximum absolute atomic E-state index is 13.1. The number of ether oxygens (including phenoxy) is 2. The Morgan fingerprint density at radius 3 is 2.70 bits per heavy atom. The van der Waals surface area contributed by atoms with Gasteiger partial charge in [-0.15, -0.1) is 0 Å². The molecule has 0 atom stereocenters. The second-order valence-corrected chi connectivity index (χ2v) is 10.9. The molecule has 0 aliphatic carbocycles. The fourth-order valence-electron chi connectivity index (χ4n) is 5.48. The molecule has 0 spiro atoms. The molecule has 2 aromatic heterocycles. The first-order valence-electron chi connectivity index (χ1n) is 14.7. The minimum absolute atomic E-state index is 0.232. The summed E-state index contributed by atoms with van der Waals surface area (Å²) in [6, 6.07) is 9.89. The van der Waals surface area contributed by atoms with Gasteiger partial charge in [0.05, 0.1) is 42.0 Å². The Kier molecular flexibility index (Phi) is 9.15. The molecular formula is C33H39N7O4. The van der Waals surface area contributed by atoms with Crippen molar-refractivity contribution in [1.29, 1.82) is 0 Å². The molecule has 2 N–H and O–H groups in total. The van der Waals surface area contributed by atoms with E-state index in [1.807, 2.05) is 38.2 Å². The molecule has 0 bridgehead atoms. The lowest BCUT2D eigenvalue weighted by Crippen LogP contribution is -2.29. The molecule has 230 valence electrons. The van der Waals surface area contributed by atoms with Crippen LogP contribution in [-0.2, 0) is 22.5 Å². The minimum Gasteiger partial charge on any atom is -0.494 e. The Morgan fingerprint density at radius 1 is 1.16 bits per heavy atom. The number of rotatable bonds is 12. The zero-order valence-electron chi connectivity index (χ0n) is 25.9. The van der Waals surface area contributed by atoms with Gasteiger partial charge < -0.3 is 34.5 Å². The van der Waals surface area contributed by atoms with Gasteiger partial charge in [0.1, 0.15) is 11.3 Å². The van der Waals surface area contributed by atoms with Crippen molar-refractivity contribution < 1.29 is 19.1 Å². The van der Waals surface area contributed by atoms with Crippen LogP contribution in [0.4, 0.5) is 23.0 Å². The number of benzene rings is 2. The first-order valence-corrected chi connectivity index (χ1v) is 14.7. The highest BCUT2D eigenvalue weighted by Crippen LogP contribution is 2.39. The van der Waals surface area contributed by atoms with Gasteiger partial charge in [0.2, 0.25) is 11.9 Å². The van der Waals surface area contributed by atoms with Gasteiger partial charge in [-0.05, 0) is 51.6 Å². The highest BCUT2D eigenvalue weighted by atomic mass is 16.5. The van der Waals surface area contributed by atoms with Crippen molar-refractivity contribution in [2.24, 2.45) is 0 Å². The molecule has 3 heterocycles. The molecule has 0 unspecified atom stereocenters. The Labute approximate surface area is 257 Å². The standard InChI is InChI=1S/C33H39N7O4/c1-7-29(41)35-25-17-26(28(43-6)18-27(25)39(5)16-15-38(3)4)36-33-34-19-23(32(42)44-8-2)30(37-33)24-20-40-14-10-12-21-11-9-13-22(24)31(21)40/h7,9,11,13,17-20H,1,8,10,12,14-16H2,2-6H3,(H,35,41)(H,34,36,37). The lowest BCUT2D eigenvalue weighted by Gasteiger charge is -2.26. The van der Waals surface area contributed by atoms with Gasteiger partial charge in [-0.2, -0.15) is 0 Å². The van der Waals surface area contributed by atoms with Crippen molar-refractivity contribution in [3.8, 4) is 17.0 Å². The normalized spacial score (nSPS) is 12.2. The van der Waals surface area contributed by atoms with Crippen molar-refractivity contribution in [2.45, 2.75) is 26.3 Å². The average molecular weight is 598 g/mol. The number of nitrogens with zero attached hydrogens (tertiary/aromatic N) is 5. The molecule has 0 radical (unpaired) electrons. The molecule has 44 heavy (non-hydrogen) atoms. The van der Waals surface area contributed by atoms with E-state index < -0.39 is 5.97 Å². The van der Waals surface area contributed by atoms with Crippen molar-refractivity contribution in [3.63, 3.8) is 0 Å². The average Bonchev–Trinajstić information content (AvgIpc) is 3.40. The molecular weight excluding hydrogens is 558 g/mol. The number of anilines is 4. The predicted molar refractivity (Wildman–Crippen MR) is 174 cm³/mol. The van der Waals surface area contributed by atoms with Crippen LogP contribution in [0.2, 0.25) is 0 Å². The van der Waals surface area contributed by atoms with Crippen LogP contribution < -0.4 is 20.3 Å². The molecule has 1 aliphatic rings. The zero-order chi connectivity index (χ0) is 31.4. The zero-order valence-corrected chi connectivity index (χ0v) is 25.9. The maximum Gasteiger partial charge on any atom is 0.341 e. The molecule has 11 nitrogen and oxygen atoms in total. The summed E-state index contributed by atoms with van der Waals surface area (Å²) in [7, 11) is 7.55. The maximum atomic E-state index is 13.1. The Morgan fingerprint density at radius 2 is 1.98 bits per heavy atom. The summed E-state index contributed by atoms with van der Waals surface area (Å²) in [5.74, 6) is -0.0417. The Hall–Kier alpha value is -4.90. The highest BCUT2D eigenvalue weighted by Gasteiger charge is 2.24. The van der Waals surface area contributed by atoms with Gasteiger partial charge in [0.15, 0.2) is 0 Å². The number of aromatic nitrogens is 3. The molecule has 5 rings (SSSR count). The Balaban J connectivity index is 1.60. The SMILES string of the molecule is C=CC(=O)Nc1cc(Nc2ncc(C(=O)OCC)c(-c3cn4c5c(cccc35)CCC4)n2)c(OC)cc1N(C)CCN(C)C. The van der Waals surface area contributed by atoms with Crippen LogP contribution in [-0.4, -0.2) is 79.3 Å². The van der Waals surface area contributed by atoms with E-state index in [4.69, 9.17) is 14.5 Å². The van der Waals surface area contributed by atoms with Gasteiger partial charge in [-0.25, -0.2) is 14.8 Å². The number of carbonyl (C=O) groups excluding carboxylic acids is 2. The number of aryl methyl sites for hydroxylation is 2. The smallest absolute Gasteiger partial charge is 0.341 e. The van der Waals surface area contributed by atoms with Gasteiger partial charge in [0, 0.05) is 56.1 Å². The first kappa shape index (κ1) is 30.6. The van der Waals surface area contributed by atoms with Gasteiger partial charge >= 0.3 is 5.97 Å². The molecule has 11 heteroatoms. The van der Waals surface area contributed by atoms with Crippen molar-refractivity contribution in [2.75, 3.05) is 63.5 Å². The van der Waals surface area contributed by atoms with Crippen LogP contribution in [0.1, 0.15) is 29.3 Å². The molecule has 0 fully saturated rings. The number of hydrogen-bond acceptors (Lipinski definition) is 9. The lowest BCUT2D eigenvalue weighted by molar-refractivity contribution is -0.111. The largest absolute Gasteiger partial charge is 0.494 e. The Bertz CT molecular complexity index is 1710. The second kappa shape index (κ2) is 13.2. The van der Waals surface area contributed by atoms with E-state index in [0.29, 0.717) is 22.8 Å². The monoisotopic (exact) mass is 597 g/mol. The van der Waals surface area contributed by atoms with Crippen LogP contribution in [0.3, 0.4) is 0 Å². The van der Waals surface area contributed by atoms with E-state index >= 15 is 0 Å². The first-order chi connectivity index (χ1) is 21.2. The van der Waals surface area contributed by atoms with Gasteiger partial charge in [-0.1, -0.05) is 24.8 Å². The molecule has 2 aromatic carbocycles. The number of likely N-dealkylation sites (N-methyl/N-ethyl adjacent to an activating group) is 2. The van der Waals surface area contributed by atoms with E-state index in [1.54, 1.807) is 20.1 Å². The summed E-state index contributed by atoms with van der Waals surface area (Å²) < 4.78 is 13.4. The third kappa shape index (κ3) is 6.23. The number of para-hydroxylation sites is 1. The number of carbonyl (C=O) groups is 2. The minimum atomic E-state index is -0.488. The van der Waals surface area contributed by atoms with Crippen LogP contribution in [0.5, 0.6) is 5.75 Å².